The van der Waals surface area contributed by atoms with Gasteiger partial charge in [-0.1, -0.05) is 28.9 Å². The highest BCUT2D eigenvalue weighted by molar-refractivity contribution is 7.80. The molecule has 0 unspecified atom stereocenters. The van der Waals surface area contributed by atoms with E-state index in [1.807, 2.05) is 62.4 Å². The molecule has 0 aliphatic carbocycles. The lowest BCUT2D eigenvalue weighted by Gasteiger charge is -2.09. The van der Waals surface area contributed by atoms with Crippen LogP contribution in [0.3, 0.4) is 0 Å². The summed E-state index contributed by atoms with van der Waals surface area (Å²) in [5, 5.41) is 10.6. The molecule has 0 spiro atoms. The molecule has 0 aliphatic rings. The standard InChI is InChI=1S/C19H20N4O2S/c1-3-24-16-9-7-15(8-10-16)21-19(26)20-12-17-22-18(23-25-17)14-6-4-5-13(2)11-14/h4-11H,3,12H2,1-2H3,(H2,20,21,26). The van der Waals surface area contributed by atoms with Crippen LogP contribution in [0, 0.1) is 6.92 Å². The second-order valence-corrected chi connectivity index (χ2v) is 6.05. The molecule has 7 heteroatoms. The highest BCUT2D eigenvalue weighted by Gasteiger charge is 2.09. The predicted molar refractivity (Wildman–Crippen MR) is 105 cm³/mol. The Morgan fingerprint density at radius 1 is 1.19 bits per heavy atom. The summed E-state index contributed by atoms with van der Waals surface area (Å²) < 4.78 is 10.7. The molecule has 0 saturated carbocycles. The number of nitrogens with zero attached hydrogens (tertiary/aromatic N) is 2. The Morgan fingerprint density at radius 3 is 2.73 bits per heavy atom. The van der Waals surface area contributed by atoms with Crippen molar-refractivity contribution in [2.24, 2.45) is 0 Å². The molecule has 0 fully saturated rings. The number of ether oxygens (including phenoxy) is 1. The molecular formula is C19H20N4O2S. The van der Waals surface area contributed by atoms with Crippen LogP contribution >= 0.6 is 12.2 Å². The predicted octanol–water partition coefficient (Wildman–Crippen LogP) is 3.93. The Morgan fingerprint density at radius 2 is 2.00 bits per heavy atom. The van der Waals surface area contributed by atoms with Crippen molar-refractivity contribution in [3.8, 4) is 17.1 Å². The normalized spacial score (nSPS) is 10.4. The summed E-state index contributed by atoms with van der Waals surface area (Å²) in [4.78, 5) is 4.39. The number of benzene rings is 2. The molecule has 26 heavy (non-hydrogen) atoms. The minimum absolute atomic E-state index is 0.349. The summed E-state index contributed by atoms with van der Waals surface area (Å²) in [6.07, 6.45) is 0. The molecule has 0 amide bonds. The number of nitrogens with one attached hydrogen (secondary N) is 2. The van der Waals surface area contributed by atoms with Crippen LogP contribution in [0.1, 0.15) is 18.4 Å². The molecule has 134 valence electrons. The molecule has 0 atom stereocenters. The van der Waals surface area contributed by atoms with E-state index in [1.54, 1.807) is 0 Å². The Balaban J connectivity index is 1.53. The minimum atomic E-state index is 0.349. The van der Waals surface area contributed by atoms with Crippen LogP contribution < -0.4 is 15.4 Å². The van der Waals surface area contributed by atoms with E-state index in [0.717, 1.165) is 22.6 Å². The molecular weight excluding hydrogens is 348 g/mol. The van der Waals surface area contributed by atoms with Gasteiger partial charge < -0.3 is 19.9 Å². The molecule has 0 bridgehead atoms. The van der Waals surface area contributed by atoms with E-state index in [9.17, 15) is 0 Å². The van der Waals surface area contributed by atoms with E-state index in [-0.39, 0.29) is 0 Å². The van der Waals surface area contributed by atoms with E-state index < -0.39 is 0 Å². The number of rotatable bonds is 6. The maximum absolute atomic E-state index is 5.41. The number of anilines is 1. The third-order valence-corrected chi connectivity index (χ3v) is 3.81. The van der Waals surface area contributed by atoms with Crippen molar-refractivity contribution in [3.63, 3.8) is 0 Å². The number of thiocarbonyl (C=S) groups is 1. The van der Waals surface area contributed by atoms with Gasteiger partial charge in [0.15, 0.2) is 5.11 Å². The first-order valence-corrected chi connectivity index (χ1v) is 8.72. The maximum Gasteiger partial charge on any atom is 0.246 e. The second-order valence-electron chi connectivity index (χ2n) is 5.65. The maximum atomic E-state index is 5.41. The van der Waals surface area contributed by atoms with Crippen molar-refractivity contribution in [1.82, 2.24) is 15.5 Å². The molecule has 0 saturated heterocycles. The highest BCUT2D eigenvalue weighted by atomic mass is 32.1. The zero-order valence-electron chi connectivity index (χ0n) is 14.7. The summed E-state index contributed by atoms with van der Waals surface area (Å²) in [5.41, 5.74) is 2.94. The van der Waals surface area contributed by atoms with Crippen molar-refractivity contribution >= 4 is 23.0 Å². The lowest BCUT2D eigenvalue weighted by molar-refractivity contribution is 0.340. The third-order valence-electron chi connectivity index (χ3n) is 3.57. The van der Waals surface area contributed by atoms with Gasteiger partial charge in [0, 0.05) is 11.3 Å². The number of aromatic nitrogens is 2. The largest absolute Gasteiger partial charge is 0.494 e. The van der Waals surface area contributed by atoms with Crippen LogP contribution in [0.15, 0.2) is 53.1 Å². The summed E-state index contributed by atoms with van der Waals surface area (Å²) in [6.45, 7) is 4.97. The zero-order valence-corrected chi connectivity index (χ0v) is 15.5. The fraction of sp³-hybridized carbons (Fsp3) is 0.211. The van der Waals surface area contributed by atoms with Gasteiger partial charge >= 0.3 is 0 Å². The van der Waals surface area contributed by atoms with Gasteiger partial charge in [0.2, 0.25) is 11.7 Å². The van der Waals surface area contributed by atoms with Crippen molar-refractivity contribution in [2.75, 3.05) is 11.9 Å². The average molecular weight is 368 g/mol. The smallest absolute Gasteiger partial charge is 0.246 e. The SMILES string of the molecule is CCOc1ccc(NC(=S)NCc2nc(-c3cccc(C)c3)no2)cc1. The van der Waals surface area contributed by atoms with Gasteiger partial charge in [0.25, 0.3) is 0 Å². The zero-order chi connectivity index (χ0) is 18.4. The molecule has 0 radical (unpaired) electrons. The Hall–Kier alpha value is -2.93. The Kier molecular flexibility index (Phi) is 5.80. The van der Waals surface area contributed by atoms with Crippen molar-refractivity contribution in [2.45, 2.75) is 20.4 Å². The molecule has 0 aliphatic heterocycles. The quantitative estimate of drug-likeness (QED) is 0.639. The third kappa shape index (κ3) is 4.80. The van der Waals surface area contributed by atoms with Crippen LogP contribution in [0.4, 0.5) is 5.69 Å². The van der Waals surface area contributed by atoms with Crippen molar-refractivity contribution in [1.29, 1.82) is 0 Å². The first-order chi connectivity index (χ1) is 12.6. The Labute approximate surface area is 157 Å². The lowest BCUT2D eigenvalue weighted by atomic mass is 10.1. The summed E-state index contributed by atoms with van der Waals surface area (Å²) >= 11 is 5.29. The van der Waals surface area contributed by atoms with Gasteiger partial charge in [0.1, 0.15) is 5.75 Å². The van der Waals surface area contributed by atoms with E-state index in [2.05, 4.69) is 20.8 Å². The van der Waals surface area contributed by atoms with E-state index in [1.165, 1.54) is 0 Å². The molecule has 1 aromatic heterocycles. The Bertz CT molecular complexity index is 877. The average Bonchev–Trinajstić information content (AvgIpc) is 3.11. The van der Waals surface area contributed by atoms with Crippen molar-refractivity contribution in [3.05, 3.63) is 60.0 Å². The van der Waals surface area contributed by atoms with Gasteiger partial charge in [-0.3, -0.25) is 0 Å². The fourth-order valence-corrected chi connectivity index (χ4v) is 2.55. The van der Waals surface area contributed by atoms with Crippen LogP contribution in [0.2, 0.25) is 0 Å². The molecule has 1 heterocycles. The fourth-order valence-electron chi connectivity index (χ4n) is 2.36. The van der Waals surface area contributed by atoms with E-state index >= 15 is 0 Å². The van der Waals surface area contributed by atoms with E-state index in [0.29, 0.717) is 30.0 Å². The van der Waals surface area contributed by atoms with Gasteiger partial charge in [-0.15, -0.1) is 0 Å². The summed E-state index contributed by atoms with van der Waals surface area (Å²) in [6, 6.07) is 15.5. The topological polar surface area (TPSA) is 72.2 Å². The molecule has 2 aromatic carbocycles. The van der Waals surface area contributed by atoms with Gasteiger partial charge in [0.05, 0.1) is 13.2 Å². The van der Waals surface area contributed by atoms with Crippen LogP contribution in [0.5, 0.6) is 5.75 Å². The minimum Gasteiger partial charge on any atom is -0.494 e. The summed E-state index contributed by atoms with van der Waals surface area (Å²) in [5.74, 6) is 1.86. The van der Waals surface area contributed by atoms with Gasteiger partial charge in [-0.2, -0.15) is 4.98 Å². The molecule has 2 N–H and O–H groups in total. The molecule has 6 nitrogen and oxygen atoms in total. The van der Waals surface area contributed by atoms with Crippen molar-refractivity contribution < 1.29 is 9.26 Å². The monoisotopic (exact) mass is 368 g/mol. The number of aryl methyl sites for hydroxylation is 1. The molecule has 3 aromatic rings. The molecule has 3 rings (SSSR count). The van der Waals surface area contributed by atoms with Crippen LogP contribution in [-0.2, 0) is 6.54 Å². The summed E-state index contributed by atoms with van der Waals surface area (Å²) in [7, 11) is 0. The van der Waals surface area contributed by atoms with Gasteiger partial charge in [-0.25, -0.2) is 0 Å². The van der Waals surface area contributed by atoms with Crippen LogP contribution in [0.25, 0.3) is 11.4 Å². The number of hydrogen-bond donors (Lipinski definition) is 2. The first-order valence-electron chi connectivity index (χ1n) is 8.31. The van der Waals surface area contributed by atoms with Gasteiger partial charge in [-0.05, 0) is 56.4 Å². The number of hydrogen-bond acceptors (Lipinski definition) is 5. The van der Waals surface area contributed by atoms with E-state index in [4.69, 9.17) is 21.5 Å². The van der Waals surface area contributed by atoms with Crippen LogP contribution in [-0.4, -0.2) is 21.9 Å². The first kappa shape index (κ1) is 17.9. The highest BCUT2D eigenvalue weighted by Crippen LogP contribution is 2.17. The second kappa shape index (κ2) is 8.44. The lowest BCUT2D eigenvalue weighted by Crippen LogP contribution is -2.27.